The average Bonchev–Trinajstić information content (AvgIpc) is 3.03. The van der Waals surface area contributed by atoms with Gasteiger partial charge in [0.25, 0.3) is 5.91 Å². The first kappa shape index (κ1) is 22.9. The largest absolute Gasteiger partial charge is 0.503 e. The zero-order valence-corrected chi connectivity index (χ0v) is 17.4. The van der Waals surface area contributed by atoms with E-state index in [0.29, 0.717) is 24.8 Å². The molecule has 1 atom stereocenters. The summed E-state index contributed by atoms with van der Waals surface area (Å²) in [6.07, 6.45) is 4.40. The van der Waals surface area contributed by atoms with E-state index in [9.17, 15) is 23.9 Å². The lowest BCUT2D eigenvalue weighted by atomic mass is 9.95. The number of carboxylic acid groups (broad SMARTS) is 1. The fourth-order valence-corrected chi connectivity index (χ4v) is 3.72. The van der Waals surface area contributed by atoms with Gasteiger partial charge in [0.2, 0.25) is 0 Å². The van der Waals surface area contributed by atoms with Crippen molar-refractivity contribution >= 4 is 23.7 Å². The molecule has 0 aliphatic carbocycles. The number of ketones is 1. The first-order valence-corrected chi connectivity index (χ1v) is 10.4. The zero-order chi connectivity index (χ0) is 23.1. The minimum Gasteiger partial charge on any atom is -0.503 e. The summed E-state index contributed by atoms with van der Waals surface area (Å²) in [6, 6.07) is 13.8. The molecule has 6 nitrogen and oxygen atoms in total. The van der Waals surface area contributed by atoms with Gasteiger partial charge in [0, 0.05) is 13.0 Å². The molecule has 1 amide bonds. The number of carboxylic acids is 1. The van der Waals surface area contributed by atoms with Crippen molar-refractivity contribution in [1.82, 2.24) is 4.90 Å². The average molecular weight is 437 g/mol. The third kappa shape index (κ3) is 5.49. The van der Waals surface area contributed by atoms with E-state index >= 15 is 0 Å². The van der Waals surface area contributed by atoms with Crippen LogP contribution in [0.4, 0.5) is 4.39 Å². The molecule has 0 spiro atoms. The van der Waals surface area contributed by atoms with E-state index in [1.165, 1.54) is 29.2 Å². The SMILES string of the molecule is O=C(O)CCCCCN1C(=O)C(O)=C(C(=O)/C=C/c2ccccc2)[C@@H]1c1cccc(F)c1. The van der Waals surface area contributed by atoms with E-state index in [1.807, 2.05) is 30.3 Å². The summed E-state index contributed by atoms with van der Waals surface area (Å²) in [5, 5.41) is 19.3. The van der Waals surface area contributed by atoms with E-state index in [-0.39, 0.29) is 18.5 Å². The number of hydrogen-bond acceptors (Lipinski definition) is 4. The molecule has 3 rings (SSSR count). The van der Waals surface area contributed by atoms with Crippen LogP contribution in [0.5, 0.6) is 0 Å². The van der Waals surface area contributed by atoms with E-state index < -0.39 is 35.3 Å². The lowest BCUT2D eigenvalue weighted by molar-refractivity contribution is -0.137. The van der Waals surface area contributed by atoms with Crippen molar-refractivity contribution in [2.45, 2.75) is 31.7 Å². The topological polar surface area (TPSA) is 94.9 Å². The highest BCUT2D eigenvalue weighted by atomic mass is 19.1. The molecule has 1 heterocycles. The van der Waals surface area contributed by atoms with Crippen LogP contribution >= 0.6 is 0 Å². The normalized spacial score (nSPS) is 16.2. The lowest BCUT2D eigenvalue weighted by Crippen LogP contribution is -2.32. The molecular weight excluding hydrogens is 413 g/mol. The Labute approximate surface area is 185 Å². The molecule has 1 aliphatic heterocycles. The number of rotatable bonds is 10. The molecule has 166 valence electrons. The number of carbonyl (C=O) groups excluding carboxylic acids is 2. The quantitative estimate of drug-likeness (QED) is 0.423. The summed E-state index contributed by atoms with van der Waals surface area (Å²) in [7, 11) is 0. The number of nitrogens with zero attached hydrogens (tertiary/aromatic N) is 1. The van der Waals surface area contributed by atoms with Gasteiger partial charge in [0.05, 0.1) is 11.6 Å². The molecule has 0 aromatic heterocycles. The van der Waals surface area contributed by atoms with E-state index in [2.05, 4.69) is 0 Å². The van der Waals surface area contributed by atoms with Crippen molar-refractivity contribution in [2.24, 2.45) is 0 Å². The maximum Gasteiger partial charge on any atom is 0.303 e. The van der Waals surface area contributed by atoms with Crippen molar-refractivity contribution < 1.29 is 29.0 Å². The fraction of sp³-hybridized carbons (Fsp3) is 0.240. The highest BCUT2D eigenvalue weighted by Crippen LogP contribution is 2.38. The van der Waals surface area contributed by atoms with E-state index in [1.54, 1.807) is 12.1 Å². The summed E-state index contributed by atoms with van der Waals surface area (Å²) in [6.45, 7) is 0.197. The molecule has 0 saturated heterocycles. The van der Waals surface area contributed by atoms with Gasteiger partial charge < -0.3 is 15.1 Å². The van der Waals surface area contributed by atoms with Crippen LogP contribution < -0.4 is 0 Å². The molecule has 2 aromatic rings. The van der Waals surface area contributed by atoms with Gasteiger partial charge in [0.15, 0.2) is 11.5 Å². The number of allylic oxidation sites excluding steroid dienone is 1. The summed E-state index contributed by atoms with van der Waals surface area (Å²) < 4.78 is 13.9. The molecule has 0 saturated carbocycles. The highest BCUT2D eigenvalue weighted by Gasteiger charge is 2.42. The minimum atomic E-state index is -0.925. The van der Waals surface area contributed by atoms with E-state index in [4.69, 9.17) is 5.11 Å². The number of aliphatic hydroxyl groups is 1. The van der Waals surface area contributed by atoms with Gasteiger partial charge in [0.1, 0.15) is 5.82 Å². The molecule has 0 radical (unpaired) electrons. The second-order valence-corrected chi connectivity index (χ2v) is 7.53. The summed E-state index contributed by atoms with van der Waals surface area (Å²) >= 11 is 0. The number of amides is 1. The van der Waals surface area contributed by atoms with Crippen LogP contribution in [0.25, 0.3) is 6.08 Å². The standard InChI is InChI=1S/C25H24FNO5/c26-19-11-7-10-18(16-19)23-22(20(28)14-13-17-8-3-1-4-9-17)24(31)25(32)27(23)15-6-2-5-12-21(29)30/h1,3-4,7-11,13-14,16,23,31H,2,5-6,12,15H2,(H,29,30)/b14-13+/t23-/m0/s1. The first-order chi connectivity index (χ1) is 15.4. The second kappa shape index (κ2) is 10.5. The lowest BCUT2D eigenvalue weighted by Gasteiger charge is -2.26. The number of aliphatic carboxylic acids is 1. The predicted octanol–water partition coefficient (Wildman–Crippen LogP) is 4.45. The maximum absolute atomic E-state index is 13.9. The molecule has 1 aliphatic rings. The number of hydrogen-bond donors (Lipinski definition) is 2. The van der Waals surface area contributed by atoms with Crippen molar-refractivity contribution in [3.05, 3.63) is 88.9 Å². The summed E-state index contributed by atoms with van der Waals surface area (Å²) in [5.74, 6) is -3.30. The van der Waals surface area contributed by atoms with Crippen LogP contribution in [-0.4, -0.2) is 39.3 Å². The second-order valence-electron chi connectivity index (χ2n) is 7.53. The van der Waals surface area contributed by atoms with Crippen LogP contribution in [0, 0.1) is 5.82 Å². The van der Waals surface area contributed by atoms with Crippen molar-refractivity contribution in [3.63, 3.8) is 0 Å². The predicted molar refractivity (Wildman–Crippen MR) is 117 cm³/mol. The van der Waals surface area contributed by atoms with Gasteiger partial charge in [-0.3, -0.25) is 14.4 Å². The third-order valence-electron chi connectivity index (χ3n) is 5.25. The molecule has 0 fully saturated rings. The third-order valence-corrected chi connectivity index (χ3v) is 5.25. The number of carbonyl (C=O) groups is 3. The minimum absolute atomic E-state index is 0.0266. The van der Waals surface area contributed by atoms with Crippen molar-refractivity contribution in [2.75, 3.05) is 6.54 Å². The molecule has 2 N–H and O–H groups in total. The van der Waals surface area contributed by atoms with Gasteiger partial charge in [-0.15, -0.1) is 0 Å². The molecule has 0 unspecified atom stereocenters. The Morgan fingerprint density at radius 1 is 1.03 bits per heavy atom. The number of unbranched alkanes of at least 4 members (excludes halogenated alkanes) is 2. The Hall–Kier alpha value is -3.74. The maximum atomic E-state index is 13.9. The van der Waals surface area contributed by atoms with Crippen LogP contribution in [0.15, 0.2) is 72.0 Å². The Morgan fingerprint density at radius 2 is 1.78 bits per heavy atom. The number of halogens is 1. The van der Waals surface area contributed by atoms with Crippen LogP contribution in [-0.2, 0) is 14.4 Å². The monoisotopic (exact) mass is 437 g/mol. The highest BCUT2D eigenvalue weighted by molar-refractivity contribution is 6.14. The smallest absolute Gasteiger partial charge is 0.303 e. The Morgan fingerprint density at radius 3 is 2.47 bits per heavy atom. The summed E-state index contributed by atoms with van der Waals surface area (Å²) in [4.78, 5) is 37.8. The van der Waals surface area contributed by atoms with Crippen molar-refractivity contribution in [1.29, 1.82) is 0 Å². The molecule has 0 bridgehead atoms. The molecule has 2 aromatic carbocycles. The summed E-state index contributed by atoms with van der Waals surface area (Å²) in [5.41, 5.74) is 1.06. The Kier molecular flexibility index (Phi) is 7.54. The van der Waals surface area contributed by atoms with E-state index in [0.717, 1.165) is 5.56 Å². The number of benzene rings is 2. The van der Waals surface area contributed by atoms with Gasteiger partial charge in [-0.25, -0.2) is 4.39 Å². The molecule has 7 heteroatoms. The van der Waals surface area contributed by atoms with Gasteiger partial charge in [-0.2, -0.15) is 0 Å². The van der Waals surface area contributed by atoms with Crippen LogP contribution in [0.1, 0.15) is 42.9 Å². The van der Waals surface area contributed by atoms with Crippen LogP contribution in [0.3, 0.4) is 0 Å². The van der Waals surface area contributed by atoms with Gasteiger partial charge in [-0.1, -0.05) is 55.0 Å². The fourth-order valence-electron chi connectivity index (χ4n) is 3.72. The first-order valence-electron chi connectivity index (χ1n) is 10.4. The number of aliphatic hydroxyl groups excluding tert-OH is 1. The van der Waals surface area contributed by atoms with Gasteiger partial charge >= 0.3 is 5.97 Å². The molecule has 32 heavy (non-hydrogen) atoms. The Balaban J connectivity index is 1.86. The van der Waals surface area contributed by atoms with Crippen LogP contribution in [0.2, 0.25) is 0 Å². The Bertz CT molecular complexity index is 1060. The van der Waals surface area contributed by atoms with Gasteiger partial charge in [-0.05, 0) is 42.2 Å². The zero-order valence-electron chi connectivity index (χ0n) is 17.4. The molecular formula is C25H24FNO5. The van der Waals surface area contributed by atoms with Crippen molar-refractivity contribution in [3.8, 4) is 0 Å².